The third kappa shape index (κ3) is 9.49. The Labute approximate surface area is 216 Å². The van der Waals surface area contributed by atoms with Crippen molar-refractivity contribution >= 4 is 5.91 Å². The highest BCUT2D eigenvalue weighted by Gasteiger charge is 2.51. The van der Waals surface area contributed by atoms with Gasteiger partial charge in [0.2, 0.25) is 5.91 Å². The van der Waals surface area contributed by atoms with Crippen LogP contribution in [0.5, 0.6) is 0 Å². The van der Waals surface area contributed by atoms with Gasteiger partial charge in [0.1, 0.15) is 24.4 Å². The molecule has 5 N–H and O–H groups in total. The summed E-state index contributed by atoms with van der Waals surface area (Å²) in [4.78, 5) is 12.5. The predicted octanol–water partition coefficient (Wildman–Crippen LogP) is 2.00. The van der Waals surface area contributed by atoms with Crippen LogP contribution in [0.3, 0.4) is 0 Å². The van der Waals surface area contributed by atoms with Gasteiger partial charge in [-0.05, 0) is 44.7 Å². The molecule has 9 heteroatoms. The topological polar surface area (TPSA) is 130 Å². The zero-order valence-electron chi connectivity index (χ0n) is 22.1. The number of piperidine rings is 1. The van der Waals surface area contributed by atoms with Gasteiger partial charge in [0.15, 0.2) is 6.29 Å². The lowest BCUT2D eigenvalue weighted by Gasteiger charge is -2.48. The Balaban J connectivity index is 1.21. The third-order valence-corrected chi connectivity index (χ3v) is 7.99. The lowest BCUT2D eigenvalue weighted by atomic mass is 9.92. The molecule has 3 saturated heterocycles. The molecule has 0 spiro atoms. The van der Waals surface area contributed by atoms with Crippen molar-refractivity contribution in [2.45, 2.75) is 133 Å². The van der Waals surface area contributed by atoms with Crippen molar-refractivity contribution in [3.8, 4) is 0 Å². The Morgan fingerprint density at radius 1 is 1.03 bits per heavy atom. The molecule has 3 rings (SSSR count). The average molecular weight is 515 g/mol. The third-order valence-electron chi connectivity index (χ3n) is 7.99. The van der Waals surface area contributed by atoms with Gasteiger partial charge in [0.05, 0.1) is 25.4 Å². The molecule has 3 fully saturated rings. The summed E-state index contributed by atoms with van der Waals surface area (Å²) in [5.41, 5.74) is 0. The normalized spacial score (nSPS) is 30.3. The van der Waals surface area contributed by atoms with Crippen molar-refractivity contribution in [3.63, 3.8) is 0 Å². The molecule has 210 valence electrons. The van der Waals surface area contributed by atoms with Gasteiger partial charge >= 0.3 is 0 Å². The average Bonchev–Trinajstić information content (AvgIpc) is 2.87. The van der Waals surface area contributed by atoms with Crippen LogP contribution >= 0.6 is 0 Å². The van der Waals surface area contributed by atoms with Crippen LogP contribution in [0.1, 0.15) is 90.4 Å². The fourth-order valence-electron chi connectivity index (χ4n) is 5.43. The van der Waals surface area contributed by atoms with Gasteiger partial charge in [0, 0.05) is 6.42 Å². The number of ether oxygens (including phenoxy) is 3. The second-order valence-corrected chi connectivity index (χ2v) is 10.9. The minimum absolute atomic E-state index is 0.00886. The highest BCUT2D eigenvalue weighted by molar-refractivity contribution is 5.76. The zero-order valence-corrected chi connectivity index (χ0v) is 22.1. The van der Waals surface area contributed by atoms with Crippen LogP contribution in [-0.2, 0) is 19.0 Å². The van der Waals surface area contributed by atoms with Crippen molar-refractivity contribution in [2.75, 3.05) is 26.3 Å². The maximum absolute atomic E-state index is 12.5. The number of carbonyl (C=O) groups excluding carboxylic acids is 1. The molecule has 0 radical (unpaired) electrons. The number of hydrogen-bond acceptors (Lipinski definition) is 8. The highest BCUT2D eigenvalue weighted by atomic mass is 16.7. The molecule has 0 aromatic heterocycles. The van der Waals surface area contributed by atoms with Crippen LogP contribution in [0, 0.1) is 5.92 Å². The van der Waals surface area contributed by atoms with Gasteiger partial charge in [-0.15, -0.1) is 0 Å². The van der Waals surface area contributed by atoms with E-state index in [1.165, 1.54) is 64.5 Å². The predicted molar refractivity (Wildman–Crippen MR) is 136 cm³/mol. The first-order chi connectivity index (χ1) is 17.5. The number of aliphatic hydroxyl groups is 3. The van der Waals surface area contributed by atoms with Gasteiger partial charge in [-0.25, -0.2) is 0 Å². The molecule has 0 saturated carbocycles. The monoisotopic (exact) mass is 514 g/mol. The van der Waals surface area contributed by atoms with Crippen LogP contribution in [0.25, 0.3) is 0 Å². The molecule has 6 unspecified atom stereocenters. The molecular weight excluding hydrogens is 464 g/mol. The fourth-order valence-corrected chi connectivity index (χ4v) is 5.43. The Bertz CT molecular complexity index is 619. The fraction of sp³-hybridized carbons (Fsp3) is 0.963. The lowest BCUT2D eigenvalue weighted by molar-refractivity contribution is -0.351. The summed E-state index contributed by atoms with van der Waals surface area (Å²) in [5, 5.41) is 37.0. The Morgan fingerprint density at radius 3 is 2.33 bits per heavy atom. The first kappa shape index (κ1) is 29.7. The summed E-state index contributed by atoms with van der Waals surface area (Å²) in [6, 6.07) is -0.601. The van der Waals surface area contributed by atoms with Crippen LogP contribution in [0.15, 0.2) is 0 Å². The van der Waals surface area contributed by atoms with E-state index >= 15 is 0 Å². The molecular formula is C27H50N2O7. The number of unbranched alkanes of at least 4 members (excludes halogenated alkanes) is 7. The maximum Gasteiger partial charge on any atom is 0.220 e. The van der Waals surface area contributed by atoms with Crippen LogP contribution in [0.4, 0.5) is 0 Å². The Morgan fingerprint density at radius 2 is 1.69 bits per heavy atom. The van der Waals surface area contributed by atoms with Gasteiger partial charge < -0.3 is 40.2 Å². The van der Waals surface area contributed by atoms with Gasteiger partial charge in [-0.2, -0.15) is 0 Å². The number of aliphatic hydroxyl groups excluding tert-OH is 3. The molecule has 1 amide bonds. The molecule has 0 aliphatic carbocycles. The largest absolute Gasteiger partial charge is 0.391 e. The SMILES string of the molecule is CCC(O)[C@H](COC1OC2COC2C(O)C1O)NC(=O)CCCCCCCCCCC1CCNCC1. The minimum atomic E-state index is -1.24. The smallest absolute Gasteiger partial charge is 0.220 e. The van der Waals surface area contributed by atoms with E-state index in [0.717, 1.165) is 25.2 Å². The van der Waals surface area contributed by atoms with Crippen molar-refractivity contribution in [2.24, 2.45) is 5.92 Å². The summed E-state index contributed by atoms with van der Waals surface area (Å²) in [5.74, 6) is 0.832. The highest BCUT2D eigenvalue weighted by Crippen LogP contribution is 2.30. The summed E-state index contributed by atoms with van der Waals surface area (Å²) in [6.45, 7) is 4.56. The van der Waals surface area contributed by atoms with E-state index in [9.17, 15) is 20.1 Å². The van der Waals surface area contributed by atoms with Crippen molar-refractivity contribution in [1.29, 1.82) is 0 Å². The van der Waals surface area contributed by atoms with Crippen LogP contribution in [0.2, 0.25) is 0 Å². The van der Waals surface area contributed by atoms with E-state index < -0.39 is 36.7 Å². The molecule has 3 heterocycles. The molecule has 0 bridgehead atoms. The molecule has 9 nitrogen and oxygen atoms in total. The number of fused-ring (bicyclic) bond motifs is 1. The number of nitrogens with one attached hydrogen (secondary N) is 2. The standard InChI is InChI=1S/C27H50N2O7/c1-2-21(30)20(17-35-27-25(33)24(32)26-22(36-27)18-34-26)29-23(31)12-10-8-6-4-3-5-7-9-11-19-13-15-28-16-14-19/h19-22,24-28,30,32-33H,2-18H2,1H3,(H,29,31)/t20-,21?,22?,24?,25?,26?,27?/m0/s1. The van der Waals surface area contributed by atoms with Gasteiger partial charge in [-0.1, -0.05) is 58.3 Å². The Hall–Kier alpha value is -0.810. The molecule has 0 aromatic carbocycles. The van der Waals surface area contributed by atoms with Crippen LogP contribution in [-0.4, -0.2) is 90.4 Å². The quantitative estimate of drug-likeness (QED) is 0.186. The molecule has 3 aliphatic rings. The number of carbonyl (C=O) groups is 1. The summed E-state index contributed by atoms with van der Waals surface area (Å²) in [7, 11) is 0. The molecule has 36 heavy (non-hydrogen) atoms. The number of amides is 1. The first-order valence-corrected chi connectivity index (χ1v) is 14.4. The summed E-state index contributed by atoms with van der Waals surface area (Å²) >= 11 is 0. The lowest BCUT2D eigenvalue weighted by Crippen LogP contribution is -2.66. The molecule has 7 atom stereocenters. The van der Waals surface area contributed by atoms with E-state index in [4.69, 9.17) is 14.2 Å². The number of rotatable bonds is 17. The summed E-state index contributed by atoms with van der Waals surface area (Å²) < 4.78 is 16.5. The second kappa shape index (κ2) is 16.2. The van der Waals surface area contributed by atoms with E-state index in [-0.39, 0.29) is 18.6 Å². The first-order valence-electron chi connectivity index (χ1n) is 14.4. The minimum Gasteiger partial charge on any atom is -0.391 e. The molecule has 0 aromatic rings. The molecule has 3 aliphatic heterocycles. The van der Waals surface area contributed by atoms with Gasteiger partial charge in [0.25, 0.3) is 0 Å². The van der Waals surface area contributed by atoms with Crippen molar-refractivity contribution in [1.82, 2.24) is 10.6 Å². The van der Waals surface area contributed by atoms with E-state index in [1.54, 1.807) is 0 Å². The summed E-state index contributed by atoms with van der Waals surface area (Å²) in [6.07, 6.45) is 9.55. The Kier molecular flexibility index (Phi) is 13.4. The number of hydrogen-bond donors (Lipinski definition) is 5. The van der Waals surface area contributed by atoms with E-state index in [1.807, 2.05) is 6.92 Å². The van der Waals surface area contributed by atoms with E-state index in [0.29, 0.717) is 19.4 Å². The maximum atomic E-state index is 12.5. The van der Waals surface area contributed by atoms with E-state index in [2.05, 4.69) is 10.6 Å². The van der Waals surface area contributed by atoms with Crippen LogP contribution < -0.4 is 10.6 Å². The van der Waals surface area contributed by atoms with Crippen molar-refractivity contribution in [3.05, 3.63) is 0 Å². The zero-order chi connectivity index (χ0) is 25.8. The second-order valence-electron chi connectivity index (χ2n) is 10.9. The van der Waals surface area contributed by atoms with Gasteiger partial charge in [-0.3, -0.25) is 4.79 Å². The van der Waals surface area contributed by atoms with Crippen molar-refractivity contribution < 1.29 is 34.3 Å².